The van der Waals surface area contributed by atoms with Crippen LogP contribution in [-0.4, -0.2) is 26.0 Å². The molecule has 0 fully saturated rings. The summed E-state index contributed by atoms with van der Waals surface area (Å²) in [6.07, 6.45) is 6.50. The highest BCUT2D eigenvalue weighted by Crippen LogP contribution is 2.20. The van der Waals surface area contributed by atoms with Crippen LogP contribution in [0.15, 0.2) is 17.0 Å². The molecule has 0 radical (unpaired) electrons. The van der Waals surface area contributed by atoms with Crippen molar-refractivity contribution in [3.8, 4) is 12.3 Å². The molecule has 1 rings (SSSR count). The van der Waals surface area contributed by atoms with Gasteiger partial charge in [0.25, 0.3) is 0 Å². The van der Waals surface area contributed by atoms with E-state index in [1.54, 1.807) is 0 Å². The van der Waals surface area contributed by atoms with Crippen LogP contribution in [0.25, 0.3) is 0 Å². The molecule has 0 aliphatic heterocycles. The van der Waals surface area contributed by atoms with E-state index < -0.39 is 38.1 Å². The summed E-state index contributed by atoms with van der Waals surface area (Å²) < 4.78 is 52.6. The van der Waals surface area contributed by atoms with Gasteiger partial charge in [-0.3, -0.25) is 0 Å². The van der Waals surface area contributed by atoms with Crippen LogP contribution in [0.3, 0.4) is 0 Å². The number of nitrogens with one attached hydrogen (secondary N) is 1. The number of benzene rings is 1. The lowest BCUT2D eigenvalue weighted by Gasteiger charge is -2.09. The van der Waals surface area contributed by atoms with Gasteiger partial charge in [-0.25, -0.2) is 26.7 Å². The Bertz CT molecular complexity index is 680. The standard InChI is InChI=1S/C13H13F2NO4S/c1-2-3-4-5-6-16-21(19,20)11-8-9(13(17)18)7-10(14)12(11)15/h1,7-8,16H,3-6H2,(H,17,18). The summed E-state index contributed by atoms with van der Waals surface area (Å²) in [7, 11) is -4.34. The van der Waals surface area contributed by atoms with Gasteiger partial charge in [0.1, 0.15) is 4.90 Å². The zero-order chi connectivity index (χ0) is 16.0. The molecule has 21 heavy (non-hydrogen) atoms. The Hall–Kier alpha value is -1.98. The van der Waals surface area contributed by atoms with Gasteiger partial charge in [-0.2, -0.15) is 0 Å². The largest absolute Gasteiger partial charge is 0.478 e. The second-order valence-corrected chi connectivity index (χ2v) is 5.87. The number of carbonyl (C=O) groups is 1. The number of aromatic carboxylic acids is 1. The molecule has 2 N–H and O–H groups in total. The highest BCUT2D eigenvalue weighted by molar-refractivity contribution is 7.89. The third-order valence-corrected chi connectivity index (χ3v) is 4.03. The number of unbranched alkanes of at least 4 members (excludes halogenated alkanes) is 2. The first-order valence-corrected chi connectivity index (χ1v) is 7.43. The first kappa shape index (κ1) is 17.1. The van der Waals surface area contributed by atoms with E-state index in [9.17, 15) is 22.0 Å². The van der Waals surface area contributed by atoms with Crippen molar-refractivity contribution in [3.63, 3.8) is 0 Å². The highest BCUT2D eigenvalue weighted by atomic mass is 32.2. The second-order valence-electron chi connectivity index (χ2n) is 4.13. The third kappa shape index (κ3) is 4.51. The number of halogens is 2. The summed E-state index contributed by atoms with van der Waals surface area (Å²) >= 11 is 0. The van der Waals surface area contributed by atoms with Crippen molar-refractivity contribution < 1.29 is 27.1 Å². The molecule has 0 bridgehead atoms. The van der Waals surface area contributed by atoms with Gasteiger partial charge in [0, 0.05) is 13.0 Å². The van der Waals surface area contributed by atoms with Crippen molar-refractivity contribution in [3.05, 3.63) is 29.3 Å². The van der Waals surface area contributed by atoms with Gasteiger partial charge in [0.15, 0.2) is 11.6 Å². The van der Waals surface area contributed by atoms with E-state index in [4.69, 9.17) is 11.5 Å². The molecular weight excluding hydrogens is 304 g/mol. The molecule has 1 aromatic rings. The number of hydrogen-bond donors (Lipinski definition) is 2. The minimum Gasteiger partial charge on any atom is -0.478 e. The summed E-state index contributed by atoms with van der Waals surface area (Å²) in [5, 5.41) is 8.74. The van der Waals surface area contributed by atoms with Gasteiger partial charge >= 0.3 is 5.97 Å². The Labute approximate surface area is 121 Å². The van der Waals surface area contributed by atoms with Crippen molar-refractivity contribution in [1.29, 1.82) is 0 Å². The van der Waals surface area contributed by atoms with Gasteiger partial charge in [0.05, 0.1) is 5.56 Å². The van der Waals surface area contributed by atoms with E-state index in [0.29, 0.717) is 31.4 Å². The Kier molecular flexibility index (Phi) is 5.81. The Morgan fingerprint density at radius 1 is 1.33 bits per heavy atom. The lowest BCUT2D eigenvalue weighted by atomic mass is 10.2. The molecule has 0 saturated heterocycles. The SMILES string of the molecule is C#CCCCCNS(=O)(=O)c1cc(C(=O)O)cc(F)c1F. The predicted octanol–water partition coefficient (Wildman–Crippen LogP) is 1.74. The Morgan fingerprint density at radius 3 is 2.57 bits per heavy atom. The number of hydrogen-bond acceptors (Lipinski definition) is 3. The minimum atomic E-state index is -4.34. The summed E-state index contributed by atoms with van der Waals surface area (Å²) in [4.78, 5) is 9.72. The fourth-order valence-electron chi connectivity index (χ4n) is 1.52. The van der Waals surface area contributed by atoms with Gasteiger partial charge < -0.3 is 5.11 Å². The van der Waals surface area contributed by atoms with Crippen LogP contribution < -0.4 is 4.72 Å². The van der Waals surface area contributed by atoms with Crippen molar-refractivity contribution in [1.82, 2.24) is 4.72 Å². The molecule has 114 valence electrons. The van der Waals surface area contributed by atoms with E-state index >= 15 is 0 Å². The molecular formula is C13H13F2NO4S. The average Bonchev–Trinajstić information content (AvgIpc) is 2.40. The topological polar surface area (TPSA) is 83.5 Å². The molecule has 0 aliphatic carbocycles. The number of carboxylic acids is 1. The number of sulfonamides is 1. The van der Waals surface area contributed by atoms with Gasteiger partial charge in [-0.1, -0.05) is 0 Å². The van der Waals surface area contributed by atoms with E-state index in [-0.39, 0.29) is 6.54 Å². The zero-order valence-electron chi connectivity index (χ0n) is 10.9. The maximum atomic E-state index is 13.6. The molecule has 0 saturated carbocycles. The van der Waals surface area contributed by atoms with E-state index in [0.717, 1.165) is 0 Å². The van der Waals surface area contributed by atoms with E-state index in [1.165, 1.54) is 0 Å². The molecule has 0 spiro atoms. The third-order valence-electron chi connectivity index (χ3n) is 2.57. The normalized spacial score (nSPS) is 11.1. The maximum Gasteiger partial charge on any atom is 0.335 e. The van der Waals surface area contributed by atoms with Crippen LogP contribution in [0.2, 0.25) is 0 Å². The van der Waals surface area contributed by atoms with Crippen molar-refractivity contribution in [2.45, 2.75) is 24.2 Å². The molecule has 0 aliphatic rings. The number of rotatable bonds is 7. The molecule has 0 amide bonds. The summed E-state index contributed by atoms with van der Waals surface area (Å²) in [6.45, 7) is -0.0115. The Balaban J connectivity index is 2.97. The molecule has 1 aromatic carbocycles. The first-order chi connectivity index (χ1) is 9.79. The quantitative estimate of drug-likeness (QED) is 0.593. The Morgan fingerprint density at radius 2 is 2.00 bits per heavy atom. The minimum absolute atomic E-state index is 0.0115. The summed E-state index contributed by atoms with van der Waals surface area (Å²) in [6, 6.07) is 0.994. The highest BCUT2D eigenvalue weighted by Gasteiger charge is 2.24. The van der Waals surface area contributed by atoms with E-state index in [1.807, 2.05) is 0 Å². The first-order valence-electron chi connectivity index (χ1n) is 5.95. The predicted molar refractivity (Wildman–Crippen MR) is 71.2 cm³/mol. The number of terminal acetylenes is 1. The van der Waals surface area contributed by atoms with Gasteiger partial charge in [-0.05, 0) is 25.0 Å². The molecule has 8 heteroatoms. The average molecular weight is 317 g/mol. The van der Waals surface area contributed by atoms with Crippen LogP contribution in [0, 0.1) is 24.0 Å². The maximum absolute atomic E-state index is 13.6. The fourth-order valence-corrected chi connectivity index (χ4v) is 2.70. The summed E-state index contributed by atoms with van der Waals surface area (Å²) in [5.41, 5.74) is -0.651. The van der Waals surface area contributed by atoms with Crippen molar-refractivity contribution >= 4 is 16.0 Å². The fraction of sp³-hybridized carbons (Fsp3) is 0.308. The van der Waals surface area contributed by atoms with Crippen molar-refractivity contribution in [2.24, 2.45) is 0 Å². The van der Waals surface area contributed by atoms with Crippen LogP contribution >= 0.6 is 0 Å². The van der Waals surface area contributed by atoms with Crippen LogP contribution in [0.1, 0.15) is 29.6 Å². The van der Waals surface area contributed by atoms with Gasteiger partial charge in [-0.15, -0.1) is 12.3 Å². The molecule has 0 atom stereocenters. The molecule has 0 aromatic heterocycles. The summed E-state index contributed by atoms with van der Waals surface area (Å²) in [5.74, 6) is -2.33. The van der Waals surface area contributed by atoms with Crippen LogP contribution in [-0.2, 0) is 10.0 Å². The van der Waals surface area contributed by atoms with Crippen molar-refractivity contribution in [2.75, 3.05) is 6.54 Å². The second kappa shape index (κ2) is 7.15. The molecule has 0 unspecified atom stereocenters. The lowest BCUT2D eigenvalue weighted by Crippen LogP contribution is -2.26. The smallest absolute Gasteiger partial charge is 0.335 e. The molecule has 5 nitrogen and oxygen atoms in total. The lowest BCUT2D eigenvalue weighted by molar-refractivity contribution is 0.0696. The number of carboxylic acid groups (broad SMARTS) is 1. The van der Waals surface area contributed by atoms with E-state index in [2.05, 4.69) is 10.6 Å². The monoisotopic (exact) mass is 317 g/mol. The van der Waals surface area contributed by atoms with Gasteiger partial charge in [0.2, 0.25) is 10.0 Å². The van der Waals surface area contributed by atoms with Crippen LogP contribution in [0.4, 0.5) is 8.78 Å². The molecule has 0 heterocycles. The zero-order valence-corrected chi connectivity index (χ0v) is 11.7. The van der Waals surface area contributed by atoms with Crippen LogP contribution in [0.5, 0.6) is 0 Å².